The Morgan fingerprint density at radius 2 is 2.26 bits per heavy atom. The van der Waals surface area contributed by atoms with Crippen LogP contribution in [0.15, 0.2) is 29.1 Å². The van der Waals surface area contributed by atoms with Crippen LogP contribution in [0.3, 0.4) is 0 Å². The third-order valence-corrected chi connectivity index (χ3v) is 3.31. The number of fused-ring (bicyclic) bond motifs is 1. The molecule has 0 aliphatic carbocycles. The van der Waals surface area contributed by atoms with Gasteiger partial charge < -0.3 is 19.5 Å². The molecular formula is C13H12N2O4. The van der Waals surface area contributed by atoms with Gasteiger partial charge in [-0.1, -0.05) is 0 Å². The monoisotopic (exact) mass is 260 g/mol. The van der Waals surface area contributed by atoms with Crippen LogP contribution in [0.25, 0.3) is 11.3 Å². The molecule has 1 aromatic heterocycles. The molecule has 1 amide bonds. The zero-order valence-electron chi connectivity index (χ0n) is 10.0. The largest absolute Gasteiger partial charge is 0.508 e. The molecule has 0 radical (unpaired) electrons. The van der Waals surface area contributed by atoms with Gasteiger partial charge in [-0.3, -0.25) is 0 Å². The average Bonchev–Trinajstić information content (AvgIpc) is 2.92. The number of benzene rings is 1. The van der Waals surface area contributed by atoms with E-state index in [1.807, 2.05) is 6.07 Å². The fourth-order valence-electron chi connectivity index (χ4n) is 2.31. The first kappa shape index (κ1) is 11.6. The standard InChI is InChI=1S/C13H12N2O4/c16-11-4-9(12-5-14-7-19-12)3-8-1-2-15(13(17)18)6-10(8)11/h3-5,7,16H,1-2,6H2,(H,17,18). The second kappa shape index (κ2) is 4.31. The maximum Gasteiger partial charge on any atom is 0.407 e. The van der Waals surface area contributed by atoms with Crippen molar-refractivity contribution in [3.63, 3.8) is 0 Å². The van der Waals surface area contributed by atoms with Gasteiger partial charge in [0.2, 0.25) is 0 Å². The Hall–Kier alpha value is -2.50. The van der Waals surface area contributed by atoms with Crippen molar-refractivity contribution in [3.8, 4) is 17.1 Å². The molecule has 3 rings (SSSR count). The van der Waals surface area contributed by atoms with Gasteiger partial charge in [0, 0.05) is 17.7 Å². The number of hydrogen-bond donors (Lipinski definition) is 2. The van der Waals surface area contributed by atoms with E-state index in [9.17, 15) is 9.90 Å². The van der Waals surface area contributed by atoms with E-state index >= 15 is 0 Å². The third-order valence-electron chi connectivity index (χ3n) is 3.31. The Balaban J connectivity index is 2.00. The highest BCUT2D eigenvalue weighted by Crippen LogP contribution is 2.33. The number of aromatic hydroxyl groups is 1. The first-order valence-electron chi connectivity index (χ1n) is 5.86. The molecule has 0 fully saturated rings. The number of carboxylic acid groups (broad SMARTS) is 1. The molecule has 0 bridgehead atoms. The van der Waals surface area contributed by atoms with Gasteiger partial charge in [0.25, 0.3) is 0 Å². The number of rotatable bonds is 1. The summed E-state index contributed by atoms with van der Waals surface area (Å²) in [6.45, 7) is 0.648. The molecule has 98 valence electrons. The lowest BCUT2D eigenvalue weighted by molar-refractivity contribution is 0.139. The summed E-state index contributed by atoms with van der Waals surface area (Å²) in [5.41, 5.74) is 2.36. The minimum atomic E-state index is -0.968. The van der Waals surface area contributed by atoms with Crippen LogP contribution in [-0.2, 0) is 13.0 Å². The van der Waals surface area contributed by atoms with Crippen molar-refractivity contribution in [2.24, 2.45) is 0 Å². The maximum atomic E-state index is 11.0. The topological polar surface area (TPSA) is 86.8 Å². The van der Waals surface area contributed by atoms with Crippen molar-refractivity contribution < 1.29 is 19.4 Å². The fraction of sp³-hybridized carbons (Fsp3) is 0.231. The number of phenolic OH excluding ortho intramolecular Hbond substituents is 1. The Labute approximate surface area is 108 Å². The molecule has 19 heavy (non-hydrogen) atoms. The van der Waals surface area contributed by atoms with E-state index in [4.69, 9.17) is 9.52 Å². The van der Waals surface area contributed by atoms with Crippen LogP contribution in [-0.4, -0.2) is 32.7 Å². The molecule has 1 aromatic carbocycles. The lowest BCUT2D eigenvalue weighted by Gasteiger charge is -2.27. The number of oxazole rings is 1. The second-order valence-corrected chi connectivity index (χ2v) is 4.45. The van der Waals surface area contributed by atoms with Gasteiger partial charge in [0.1, 0.15) is 5.75 Å². The van der Waals surface area contributed by atoms with Crippen LogP contribution < -0.4 is 0 Å². The number of phenols is 1. The summed E-state index contributed by atoms with van der Waals surface area (Å²) in [6.07, 6.45) is 2.52. The molecule has 1 aliphatic rings. The molecule has 0 unspecified atom stereocenters. The lowest BCUT2D eigenvalue weighted by atomic mass is 9.96. The van der Waals surface area contributed by atoms with Crippen LogP contribution in [0.2, 0.25) is 0 Å². The highest BCUT2D eigenvalue weighted by molar-refractivity contribution is 5.67. The van der Waals surface area contributed by atoms with Gasteiger partial charge in [0.05, 0.1) is 12.7 Å². The number of aromatic nitrogens is 1. The molecule has 0 saturated heterocycles. The van der Waals surface area contributed by atoms with E-state index in [2.05, 4.69) is 4.98 Å². The molecule has 2 heterocycles. The molecule has 2 aromatic rings. The normalized spacial score (nSPS) is 14.2. The zero-order chi connectivity index (χ0) is 13.4. The van der Waals surface area contributed by atoms with E-state index in [0.717, 1.165) is 11.1 Å². The molecule has 1 aliphatic heterocycles. The lowest BCUT2D eigenvalue weighted by Crippen LogP contribution is -2.34. The Morgan fingerprint density at radius 3 is 2.95 bits per heavy atom. The van der Waals surface area contributed by atoms with Gasteiger partial charge in [-0.25, -0.2) is 9.78 Å². The molecule has 0 saturated carbocycles. The molecule has 0 spiro atoms. The first-order valence-corrected chi connectivity index (χ1v) is 5.86. The van der Waals surface area contributed by atoms with E-state index < -0.39 is 6.09 Å². The highest BCUT2D eigenvalue weighted by atomic mass is 16.4. The summed E-state index contributed by atoms with van der Waals surface area (Å²) >= 11 is 0. The maximum absolute atomic E-state index is 11.0. The number of nitrogens with zero attached hydrogens (tertiary/aromatic N) is 2. The molecule has 6 nitrogen and oxygen atoms in total. The van der Waals surface area contributed by atoms with Crippen molar-refractivity contribution >= 4 is 6.09 Å². The molecule has 2 N–H and O–H groups in total. The number of hydrogen-bond acceptors (Lipinski definition) is 4. The van der Waals surface area contributed by atoms with Crippen molar-refractivity contribution in [2.45, 2.75) is 13.0 Å². The second-order valence-electron chi connectivity index (χ2n) is 4.45. The van der Waals surface area contributed by atoms with E-state index in [1.54, 1.807) is 12.3 Å². The average molecular weight is 260 g/mol. The summed E-state index contributed by atoms with van der Waals surface area (Å²) in [5, 5.41) is 19.0. The Bertz CT molecular complexity index is 622. The summed E-state index contributed by atoms with van der Waals surface area (Å²) in [5.74, 6) is 0.675. The van der Waals surface area contributed by atoms with Gasteiger partial charge in [0.15, 0.2) is 12.2 Å². The predicted octanol–water partition coefficient (Wildman–Crippen LogP) is 2.08. The van der Waals surface area contributed by atoms with Crippen molar-refractivity contribution in [1.82, 2.24) is 9.88 Å². The molecule has 6 heteroatoms. The van der Waals surface area contributed by atoms with Crippen molar-refractivity contribution in [1.29, 1.82) is 0 Å². The van der Waals surface area contributed by atoms with Crippen LogP contribution >= 0.6 is 0 Å². The molecule has 0 atom stereocenters. The predicted molar refractivity (Wildman–Crippen MR) is 65.7 cm³/mol. The first-order chi connectivity index (χ1) is 9.15. The molecular weight excluding hydrogens is 248 g/mol. The van der Waals surface area contributed by atoms with Crippen LogP contribution in [0, 0.1) is 0 Å². The minimum Gasteiger partial charge on any atom is -0.508 e. The Morgan fingerprint density at radius 1 is 1.42 bits per heavy atom. The third kappa shape index (κ3) is 2.01. The fourth-order valence-corrected chi connectivity index (χ4v) is 2.31. The van der Waals surface area contributed by atoms with E-state index in [1.165, 1.54) is 11.3 Å². The smallest absolute Gasteiger partial charge is 0.407 e. The minimum absolute atomic E-state index is 0.0925. The summed E-state index contributed by atoms with van der Waals surface area (Å²) in [4.78, 5) is 16.1. The van der Waals surface area contributed by atoms with Gasteiger partial charge in [-0.2, -0.15) is 0 Å². The van der Waals surface area contributed by atoms with Crippen molar-refractivity contribution in [2.75, 3.05) is 6.54 Å². The zero-order valence-corrected chi connectivity index (χ0v) is 10.0. The van der Waals surface area contributed by atoms with Gasteiger partial charge >= 0.3 is 6.09 Å². The highest BCUT2D eigenvalue weighted by Gasteiger charge is 2.23. The number of amides is 1. The van der Waals surface area contributed by atoms with Crippen LogP contribution in [0.5, 0.6) is 5.75 Å². The Kier molecular flexibility index (Phi) is 2.63. The van der Waals surface area contributed by atoms with Crippen LogP contribution in [0.4, 0.5) is 4.79 Å². The SMILES string of the molecule is O=C(O)N1CCc2cc(-c3cnco3)cc(O)c2C1. The quantitative estimate of drug-likeness (QED) is 0.819. The van der Waals surface area contributed by atoms with Crippen molar-refractivity contribution in [3.05, 3.63) is 35.9 Å². The van der Waals surface area contributed by atoms with E-state index in [0.29, 0.717) is 24.3 Å². The summed E-state index contributed by atoms with van der Waals surface area (Å²) in [7, 11) is 0. The summed E-state index contributed by atoms with van der Waals surface area (Å²) in [6, 6.07) is 3.49. The van der Waals surface area contributed by atoms with Gasteiger partial charge in [-0.15, -0.1) is 0 Å². The number of carbonyl (C=O) groups is 1. The van der Waals surface area contributed by atoms with E-state index in [-0.39, 0.29) is 12.3 Å². The van der Waals surface area contributed by atoms with Crippen LogP contribution in [0.1, 0.15) is 11.1 Å². The summed E-state index contributed by atoms with van der Waals surface area (Å²) < 4.78 is 5.20. The van der Waals surface area contributed by atoms with Gasteiger partial charge in [-0.05, 0) is 24.1 Å².